The molecule has 3 nitrogen and oxygen atoms in total. The molecule has 3 aromatic rings. The summed E-state index contributed by atoms with van der Waals surface area (Å²) in [7, 11) is 0. The van der Waals surface area contributed by atoms with Gasteiger partial charge in [-0.05, 0) is 32.0 Å². The van der Waals surface area contributed by atoms with Crippen LogP contribution in [0.3, 0.4) is 0 Å². The summed E-state index contributed by atoms with van der Waals surface area (Å²) in [5, 5.41) is 4.47. The molecule has 0 spiro atoms. The Hall–Kier alpha value is -1.72. The van der Waals surface area contributed by atoms with E-state index in [9.17, 15) is 4.39 Å². The highest BCUT2D eigenvalue weighted by molar-refractivity contribution is 7.18. The van der Waals surface area contributed by atoms with E-state index in [4.69, 9.17) is 11.6 Å². The Labute approximate surface area is 130 Å². The number of nitrogens with zero attached hydrogens (tertiary/aromatic N) is 2. The Morgan fingerprint density at radius 2 is 2.14 bits per heavy atom. The summed E-state index contributed by atoms with van der Waals surface area (Å²) in [4.78, 5) is 10.9. The molecule has 21 heavy (non-hydrogen) atoms. The summed E-state index contributed by atoms with van der Waals surface area (Å²) >= 11 is 7.67. The standard InChI is InChI=1S/C15H13ClFN3S/c1-3-18-13-9-7-8(2)21-15(9)20-14(19-13)12-10(16)5-4-6-11(12)17/h4-7H,3H2,1-2H3,(H,18,19,20). The van der Waals surface area contributed by atoms with E-state index in [1.54, 1.807) is 23.5 Å². The molecular weight excluding hydrogens is 309 g/mol. The van der Waals surface area contributed by atoms with Gasteiger partial charge in [-0.3, -0.25) is 0 Å². The molecule has 0 amide bonds. The first-order valence-corrected chi connectivity index (χ1v) is 7.76. The molecule has 108 valence electrons. The molecule has 0 bridgehead atoms. The van der Waals surface area contributed by atoms with Crippen LogP contribution in [0.1, 0.15) is 11.8 Å². The fourth-order valence-corrected chi connectivity index (χ4v) is 3.29. The van der Waals surface area contributed by atoms with E-state index in [2.05, 4.69) is 15.3 Å². The van der Waals surface area contributed by atoms with Crippen molar-refractivity contribution in [2.45, 2.75) is 13.8 Å². The van der Waals surface area contributed by atoms with Crippen LogP contribution in [0.25, 0.3) is 21.6 Å². The molecular formula is C15H13ClFN3S. The summed E-state index contributed by atoms with van der Waals surface area (Å²) in [5.74, 6) is 0.599. The lowest BCUT2D eigenvalue weighted by Crippen LogP contribution is -2.02. The van der Waals surface area contributed by atoms with Crippen molar-refractivity contribution in [2.75, 3.05) is 11.9 Å². The number of thiophene rings is 1. The zero-order chi connectivity index (χ0) is 15.0. The van der Waals surface area contributed by atoms with Crippen molar-refractivity contribution in [1.29, 1.82) is 0 Å². The highest BCUT2D eigenvalue weighted by Gasteiger charge is 2.16. The molecule has 2 aromatic heterocycles. The van der Waals surface area contributed by atoms with Crippen LogP contribution in [0.2, 0.25) is 5.02 Å². The summed E-state index contributed by atoms with van der Waals surface area (Å²) in [6, 6.07) is 6.60. The molecule has 0 unspecified atom stereocenters. The van der Waals surface area contributed by atoms with Crippen LogP contribution < -0.4 is 5.32 Å². The average Bonchev–Trinajstić information content (AvgIpc) is 2.79. The minimum Gasteiger partial charge on any atom is -0.370 e. The zero-order valence-corrected chi connectivity index (χ0v) is 13.1. The third kappa shape index (κ3) is 2.59. The normalized spacial score (nSPS) is 11.0. The van der Waals surface area contributed by atoms with E-state index >= 15 is 0 Å². The fourth-order valence-electron chi connectivity index (χ4n) is 2.17. The second kappa shape index (κ2) is 5.58. The van der Waals surface area contributed by atoms with Gasteiger partial charge in [-0.2, -0.15) is 0 Å². The predicted octanol–water partition coefficient (Wildman–Crippen LogP) is 4.89. The van der Waals surface area contributed by atoms with Gasteiger partial charge in [0.2, 0.25) is 0 Å². The van der Waals surface area contributed by atoms with Gasteiger partial charge in [0.15, 0.2) is 5.82 Å². The Morgan fingerprint density at radius 1 is 1.33 bits per heavy atom. The van der Waals surface area contributed by atoms with Crippen LogP contribution >= 0.6 is 22.9 Å². The number of anilines is 1. The first-order valence-electron chi connectivity index (χ1n) is 6.56. The van der Waals surface area contributed by atoms with Crippen LogP contribution in [0.15, 0.2) is 24.3 Å². The molecule has 0 aliphatic heterocycles. The monoisotopic (exact) mass is 321 g/mol. The first-order chi connectivity index (χ1) is 10.1. The number of nitrogens with one attached hydrogen (secondary N) is 1. The largest absolute Gasteiger partial charge is 0.370 e. The lowest BCUT2D eigenvalue weighted by molar-refractivity contribution is 0.630. The molecule has 0 aliphatic carbocycles. The molecule has 6 heteroatoms. The van der Waals surface area contributed by atoms with E-state index in [0.717, 1.165) is 21.6 Å². The summed E-state index contributed by atoms with van der Waals surface area (Å²) in [6.07, 6.45) is 0. The molecule has 0 aliphatic rings. The SMILES string of the molecule is CCNc1nc(-c2c(F)cccc2Cl)nc2sc(C)cc12. The summed E-state index contributed by atoms with van der Waals surface area (Å²) in [5.41, 5.74) is 0.242. The smallest absolute Gasteiger partial charge is 0.167 e. The summed E-state index contributed by atoms with van der Waals surface area (Å²) in [6.45, 7) is 4.73. The van der Waals surface area contributed by atoms with E-state index < -0.39 is 5.82 Å². The molecule has 3 rings (SSSR count). The minimum absolute atomic E-state index is 0.242. The highest BCUT2D eigenvalue weighted by Crippen LogP contribution is 2.34. The van der Waals surface area contributed by atoms with Crippen molar-refractivity contribution in [1.82, 2.24) is 9.97 Å². The van der Waals surface area contributed by atoms with Gasteiger partial charge in [-0.1, -0.05) is 17.7 Å². The van der Waals surface area contributed by atoms with E-state index in [-0.39, 0.29) is 5.56 Å². The number of hydrogen-bond donors (Lipinski definition) is 1. The number of benzene rings is 1. The summed E-state index contributed by atoms with van der Waals surface area (Å²) < 4.78 is 14.1. The van der Waals surface area contributed by atoms with Gasteiger partial charge in [0.1, 0.15) is 16.5 Å². The van der Waals surface area contributed by atoms with Crippen molar-refractivity contribution in [2.24, 2.45) is 0 Å². The van der Waals surface area contributed by atoms with Crippen LogP contribution in [-0.4, -0.2) is 16.5 Å². The van der Waals surface area contributed by atoms with Crippen LogP contribution in [0.4, 0.5) is 10.2 Å². The van der Waals surface area contributed by atoms with Gasteiger partial charge in [0.05, 0.1) is 16.0 Å². The maximum Gasteiger partial charge on any atom is 0.167 e. The number of aromatic nitrogens is 2. The molecule has 0 saturated carbocycles. The molecule has 0 radical (unpaired) electrons. The van der Waals surface area contributed by atoms with Gasteiger partial charge in [-0.15, -0.1) is 11.3 Å². The van der Waals surface area contributed by atoms with Crippen molar-refractivity contribution in [3.05, 3.63) is 40.0 Å². The average molecular weight is 322 g/mol. The third-order valence-electron chi connectivity index (χ3n) is 3.05. The van der Waals surface area contributed by atoms with E-state index in [1.807, 2.05) is 19.9 Å². The Kier molecular flexibility index (Phi) is 3.78. The minimum atomic E-state index is -0.419. The number of aryl methyl sites for hydroxylation is 1. The van der Waals surface area contributed by atoms with Crippen molar-refractivity contribution >= 4 is 39.0 Å². The van der Waals surface area contributed by atoms with Crippen LogP contribution in [0, 0.1) is 12.7 Å². The molecule has 0 fully saturated rings. The van der Waals surface area contributed by atoms with Crippen LogP contribution in [0.5, 0.6) is 0 Å². The number of rotatable bonds is 3. The quantitative estimate of drug-likeness (QED) is 0.746. The molecule has 2 heterocycles. The lowest BCUT2D eigenvalue weighted by atomic mass is 10.2. The van der Waals surface area contributed by atoms with Gasteiger partial charge in [0.25, 0.3) is 0 Å². The highest BCUT2D eigenvalue weighted by atomic mass is 35.5. The molecule has 0 atom stereocenters. The molecule has 0 saturated heterocycles. The zero-order valence-electron chi connectivity index (χ0n) is 11.6. The van der Waals surface area contributed by atoms with E-state index in [0.29, 0.717) is 16.7 Å². The molecule has 1 aromatic carbocycles. The van der Waals surface area contributed by atoms with Gasteiger partial charge < -0.3 is 5.32 Å². The Bertz CT molecular complexity index is 796. The topological polar surface area (TPSA) is 37.8 Å². The molecule has 1 N–H and O–H groups in total. The predicted molar refractivity (Wildman–Crippen MR) is 86.7 cm³/mol. The van der Waals surface area contributed by atoms with Crippen molar-refractivity contribution in [3.63, 3.8) is 0 Å². The Balaban J connectivity index is 2.28. The number of hydrogen-bond acceptors (Lipinski definition) is 4. The first kappa shape index (κ1) is 14.2. The van der Waals surface area contributed by atoms with Crippen molar-refractivity contribution < 1.29 is 4.39 Å². The van der Waals surface area contributed by atoms with Crippen LogP contribution in [-0.2, 0) is 0 Å². The maximum atomic E-state index is 14.1. The fraction of sp³-hybridized carbons (Fsp3) is 0.200. The van der Waals surface area contributed by atoms with Gasteiger partial charge in [0, 0.05) is 11.4 Å². The lowest BCUT2D eigenvalue weighted by Gasteiger charge is -2.08. The van der Waals surface area contributed by atoms with E-state index in [1.165, 1.54) is 6.07 Å². The number of halogens is 2. The second-order valence-corrected chi connectivity index (χ2v) is 6.24. The maximum absolute atomic E-state index is 14.1. The van der Waals surface area contributed by atoms with Gasteiger partial charge >= 0.3 is 0 Å². The van der Waals surface area contributed by atoms with Gasteiger partial charge in [-0.25, -0.2) is 14.4 Å². The number of fused-ring (bicyclic) bond motifs is 1. The third-order valence-corrected chi connectivity index (χ3v) is 4.31. The Morgan fingerprint density at radius 3 is 2.86 bits per heavy atom. The second-order valence-electron chi connectivity index (χ2n) is 4.60. The van der Waals surface area contributed by atoms with Crippen molar-refractivity contribution in [3.8, 4) is 11.4 Å².